The number of anilines is 1. The minimum Gasteiger partial charge on any atom is -0.398 e. The number of halogens is 1. The van der Waals surface area contributed by atoms with Crippen molar-refractivity contribution in [3.8, 4) is 0 Å². The highest BCUT2D eigenvalue weighted by atomic mass is 79.9. The molecule has 0 aliphatic heterocycles. The largest absolute Gasteiger partial charge is 0.398 e. The molecule has 0 saturated heterocycles. The van der Waals surface area contributed by atoms with Crippen LogP contribution in [0.15, 0.2) is 22.9 Å². The molecule has 4 heteroatoms. The molecule has 0 bridgehead atoms. The van der Waals surface area contributed by atoms with Gasteiger partial charge in [-0.2, -0.15) is 0 Å². The molecule has 3 nitrogen and oxygen atoms in total. The molecule has 0 atom stereocenters. The van der Waals surface area contributed by atoms with Crippen molar-refractivity contribution in [2.45, 2.75) is 0 Å². The van der Waals surface area contributed by atoms with Gasteiger partial charge in [-0.3, -0.25) is 0 Å². The summed E-state index contributed by atoms with van der Waals surface area (Å²) in [6.07, 6.45) is 1.94. The van der Waals surface area contributed by atoms with E-state index in [2.05, 4.69) is 20.9 Å². The van der Waals surface area contributed by atoms with Crippen molar-refractivity contribution in [3.05, 3.63) is 22.9 Å². The van der Waals surface area contributed by atoms with Crippen LogP contribution in [0.3, 0.4) is 0 Å². The predicted octanol–water partition coefficient (Wildman–Crippen LogP) is 1.92. The Kier molecular flexibility index (Phi) is 1.58. The van der Waals surface area contributed by atoms with E-state index in [0.717, 1.165) is 21.3 Å². The molecule has 0 fully saturated rings. The number of nitrogens with zero attached hydrogens (tertiary/aromatic N) is 2. The molecule has 0 unspecified atom stereocenters. The Balaban J connectivity index is 2.92. The van der Waals surface area contributed by atoms with Gasteiger partial charge in [-0.25, -0.2) is 4.98 Å². The van der Waals surface area contributed by atoms with Gasteiger partial charge >= 0.3 is 0 Å². The van der Waals surface area contributed by atoms with E-state index < -0.39 is 0 Å². The SMILES string of the molecule is Cn1ccc2c(N)cc(Br)nc21. The molecule has 2 rings (SSSR count). The van der Waals surface area contributed by atoms with E-state index in [1.54, 1.807) is 0 Å². The normalized spacial score (nSPS) is 10.8. The van der Waals surface area contributed by atoms with Gasteiger partial charge in [0.15, 0.2) is 0 Å². The highest BCUT2D eigenvalue weighted by Crippen LogP contribution is 2.22. The summed E-state index contributed by atoms with van der Waals surface area (Å²) in [6.45, 7) is 0. The summed E-state index contributed by atoms with van der Waals surface area (Å²) in [6, 6.07) is 3.77. The average Bonchev–Trinajstić information content (AvgIpc) is 2.33. The molecule has 2 aromatic heterocycles. The van der Waals surface area contributed by atoms with Crippen molar-refractivity contribution >= 4 is 32.7 Å². The number of fused-ring (bicyclic) bond motifs is 1. The summed E-state index contributed by atoms with van der Waals surface area (Å²) in [7, 11) is 1.95. The van der Waals surface area contributed by atoms with Crippen LogP contribution in [0.5, 0.6) is 0 Å². The maximum absolute atomic E-state index is 5.79. The van der Waals surface area contributed by atoms with E-state index in [9.17, 15) is 0 Å². The van der Waals surface area contributed by atoms with Crippen molar-refractivity contribution < 1.29 is 0 Å². The second-order valence-electron chi connectivity index (χ2n) is 2.70. The molecule has 0 amide bonds. The highest BCUT2D eigenvalue weighted by molar-refractivity contribution is 9.10. The fourth-order valence-corrected chi connectivity index (χ4v) is 1.64. The fourth-order valence-electron chi connectivity index (χ4n) is 1.23. The van der Waals surface area contributed by atoms with E-state index >= 15 is 0 Å². The second kappa shape index (κ2) is 2.48. The van der Waals surface area contributed by atoms with Crippen LogP contribution in [0.2, 0.25) is 0 Å². The van der Waals surface area contributed by atoms with Crippen LogP contribution in [0.25, 0.3) is 11.0 Å². The Labute approximate surface area is 78.3 Å². The number of aryl methyl sites for hydroxylation is 1. The molecule has 0 radical (unpaired) electrons. The Morgan fingerprint density at radius 3 is 3.08 bits per heavy atom. The number of nitrogens with two attached hydrogens (primary N) is 1. The number of rotatable bonds is 0. The van der Waals surface area contributed by atoms with E-state index in [-0.39, 0.29) is 0 Å². The Hall–Kier alpha value is -1.03. The maximum Gasteiger partial charge on any atom is 0.143 e. The monoisotopic (exact) mass is 225 g/mol. The number of aromatic nitrogens is 2. The highest BCUT2D eigenvalue weighted by Gasteiger charge is 2.03. The molecule has 0 aliphatic rings. The van der Waals surface area contributed by atoms with Gasteiger partial charge in [0.1, 0.15) is 10.3 Å². The van der Waals surface area contributed by atoms with Gasteiger partial charge < -0.3 is 10.3 Å². The molecule has 62 valence electrons. The number of nitrogen functional groups attached to an aromatic ring is 1. The van der Waals surface area contributed by atoms with Gasteiger partial charge in [0.2, 0.25) is 0 Å². The van der Waals surface area contributed by atoms with E-state index in [1.807, 2.05) is 29.9 Å². The molecular formula is C8H8BrN3. The molecule has 2 N–H and O–H groups in total. The lowest BCUT2D eigenvalue weighted by Gasteiger charge is -1.98. The second-order valence-corrected chi connectivity index (χ2v) is 3.51. The first-order valence-corrected chi connectivity index (χ1v) is 4.35. The molecule has 2 heterocycles. The number of hydrogen-bond donors (Lipinski definition) is 1. The van der Waals surface area contributed by atoms with Crippen LogP contribution in [0, 0.1) is 0 Å². The zero-order chi connectivity index (χ0) is 8.72. The smallest absolute Gasteiger partial charge is 0.143 e. The zero-order valence-corrected chi connectivity index (χ0v) is 8.17. The molecule has 2 aromatic rings. The third-order valence-corrected chi connectivity index (χ3v) is 2.24. The Morgan fingerprint density at radius 1 is 1.58 bits per heavy atom. The van der Waals surface area contributed by atoms with Crippen LogP contribution in [-0.4, -0.2) is 9.55 Å². The van der Waals surface area contributed by atoms with Crippen molar-refractivity contribution in [1.82, 2.24) is 9.55 Å². The van der Waals surface area contributed by atoms with Gasteiger partial charge in [0.05, 0.1) is 0 Å². The van der Waals surface area contributed by atoms with Crippen molar-refractivity contribution in [3.63, 3.8) is 0 Å². The standard InChI is InChI=1S/C8H8BrN3/c1-12-3-2-5-6(10)4-7(9)11-8(5)12/h2-4H,1H3,(H2,10,11). The first kappa shape index (κ1) is 7.61. The minimum atomic E-state index is 0.757. The van der Waals surface area contributed by atoms with Gasteiger partial charge in [0, 0.05) is 24.3 Å². The van der Waals surface area contributed by atoms with Gasteiger partial charge in [-0.15, -0.1) is 0 Å². The van der Waals surface area contributed by atoms with Crippen molar-refractivity contribution in [2.24, 2.45) is 7.05 Å². The minimum absolute atomic E-state index is 0.757. The summed E-state index contributed by atoms with van der Waals surface area (Å²) in [5.41, 5.74) is 7.45. The zero-order valence-electron chi connectivity index (χ0n) is 6.58. The molecule has 0 aromatic carbocycles. The molecular weight excluding hydrogens is 218 g/mol. The lowest BCUT2D eigenvalue weighted by molar-refractivity contribution is 0.946. The van der Waals surface area contributed by atoms with E-state index in [0.29, 0.717) is 0 Å². The predicted molar refractivity (Wildman–Crippen MR) is 52.8 cm³/mol. The van der Waals surface area contributed by atoms with Crippen LogP contribution in [-0.2, 0) is 7.05 Å². The van der Waals surface area contributed by atoms with Crippen LogP contribution in [0.1, 0.15) is 0 Å². The summed E-state index contributed by atoms with van der Waals surface area (Å²) in [5.74, 6) is 0. The Morgan fingerprint density at radius 2 is 2.33 bits per heavy atom. The first-order valence-electron chi connectivity index (χ1n) is 3.55. The Bertz CT molecular complexity index is 433. The van der Waals surface area contributed by atoms with Crippen molar-refractivity contribution in [2.75, 3.05) is 5.73 Å². The lowest BCUT2D eigenvalue weighted by Crippen LogP contribution is -1.92. The molecule has 0 aliphatic carbocycles. The van der Waals surface area contributed by atoms with E-state index in [4.69, 9.17) is 5.73 Å². The van der Waals surface area contributed by atoms with Gasteiger partial charge in [-0.1, -0.05) is 0 Å². The quantitative estimate of drug-likeness (QED) is 0.697. The molecule has 0 saturated carbocycles. The lowest BCUT2D eigenvalue weighted by atomic mass is 10.3. The first-order chi connectivity index (χ1) is 5.68. The topological polar surface area (TPSA) is 43.8 Å². The van der Waals surface area contributed by atoms with Gasteiger partial charge in [0.25, 0.3) is 0 Å². The summed E-state index contributed by atoms with van der Waals surface area (Å²) in [5, 5.41) is 1.00. The van der Waals surface area contributed by atoms with Crippen LogP contribution >= 0.6 is 15.9 Å². The van der Waals surface area contributed by atoms with Gasteiger partial charge in [-0.05, 0) is 28.1 Å². The number of pyridine rings is 1. The molecule has 12 heavy (non-hydrogen) atoms. The third-order valence-electron chi connectivity index (χ3n) is 1.84. The summed E-state index contributed by atoms with van der Waals surface area (Å²) >= 11 is 3.30. The third kappa shape index (κ3) is 0.992. The van der Waals surface area contributed by atoms with Crippen LogP contribution in [0.4, 0.5) is 5.69 Å². The van der Waals surface area contributed by atoms with Crippen molar-refractivity contribution in [1.29, 1.82) is 0 Å². The fraction of sp³-hybridized carbons (Fsp3) is 0.125. The van der Waals surface area contributed by atoms with Crippen LogP contribution < -0.4 is 5.73 Å². The summed E-state index contributed by atoms with van der Waals surface area (Å²) in [4.78, 5) is 4.30. The maximum atomic E-state index is 5.79. The average molecular weight is 226 g/mol. The van der Waals surface area contributed by atoms with E-state index in [1.165, 1.54) is 0 Å². The molecule has 0 spiro atoms. The number of hydrogen-bond acceptors (Lipinski definition) is 2. The summed E-state index contributed by atoms with van der Waals surface area (Å²) < 4.78 is 2.71.